The van der Waals surface area contributed by atoms with Gasteiger partial charge in [0.25, 0.3) is 0 Å². The minimum atomic E-state index is -3.35. The Hall–Kier alpha value is -2.92. The molecule has 1 fully saturated rings. The Kier molecular flexibility index (Phi) is 5.24. The number of hydrogen-bond donors (Lipinski definition) is 1. The van der Waals surface area contributed by atoms with Crippen LogP contribution in [0.2, 0.25) is 0 Å². The van der Waals surface area contributed by atoms with Crippen LogP contribution in [0.25, 0.3) is 21.9 Å². The topological polar surface area (TPSA) is 103 Å². The summed E-state index contributed by atoms with van der Waals surface area (Å²) in [7, 11) is -3.35. The smallest absolute Gasteiger partial charge is 0.167 e. The van der Waals surface area contributed by atoms with Gasteiger partial charge in [0, 0.05) is 42.2 Å². The summed E-state index contributed by atoms with van der Waals surface area (Å²) in [5.74, 6) is 0.258. The fourth-order valence-electron chi connectivity index (χ4n) is 4.12. The van der Waals surface area contributed by atoms with Gasteiger partial charge in [-0.05, 0) is 36.2 Å². The number of piperidine rings is 1. The first kappa shape index (κ1) is 19.4. The summed E-state index contributed by atoms with van der Waals surface area (Å²) < 4.78 is 23.5. The number of nitrogens with one attached hydrogen (secondary N) is 1. The van der Waals surface area contributed by atoms with Gasteiger partial charge in [0.15, 0.2) is 15.5 Å². The molecule has 0 spiro atoms. The molecule has 2 unspecified atom stereocenters. The molecule has 0 radical (unpaired) electrons. The molecule has 1 aliphatic heterocycles. The third-order valence-electron chi connectivity index (χ3n) is 5.66. The maximum absolute atomic E-state index is 11.7. The summed E-state index contributed by atoms with van der Waals surface area (Å²) in [4.78, 5) is 14.2. The number of pyridine rings is 2. The van der Waals surface area contributed by atoms with E-state index < -0.39 is 15.6 Å². The van der Waals surface area contributed by atoms with Crippen LogP contribution >= 0.6 is 0 Å². The fraction of sp³-hybridized carbons (Fsp3) is 0.381. The highest BCUT2D eigenvalue weighted by atomic mass is 32.2. The number of rotatable bonds is 5. The normalized spacial score (nSPS) is 20.5. The van der Waals surface area contributed by atoms with Crippen molar-refractivity contribution >= 4 is 31.8 Å². The van der Waals surface area contributed by atoms with Crippen molar-refractivity contribution in [2.75, 3.05) is 24.6 Å². The van der Waals surface area contributed by atoms with E-state index in [1.54, 1.807) is 18.3 Å². The van der Waals surface area contributed by atoms with E-state index in [0.717, 1.165) is 41.4 Å². The summed E-state index contributed by atoms with van der Waals surface area (Å²) in [6, 6.07) is 5.86. The maximum atomic E-state index is 11.7. The van der Waals surface area contributed by atoms with Crippen molar-refractivity contribution in [2.24, 2.45) is 5.92 Å². The molecule has 4 rings (SSSR count). The fourth-order valence-corrected chi connectivity index (χ4v) is 4.82. The zero-order valence-electron chi connectivity index (χ0n) is 16.2. The lowest BCUT2D eigenvalue weighted by Gasteiger charge is -2.37. The lowest BCUT2D eigenvalue weighted by Crippen LogP contribution is -2.35. The van der Waals surface area contributed by atoms with Gasteiger partial charge in [-0.2, -0.15) is 5.26 Å². The first-order valence-corrected chi connectivity index (χ1v) is 11.5. The van der Waals surface area contributed by atoms with Gasteiger partial charge in [-0.3, -0.25) is 0 Å². The molecular weight excluding hydrogens is 386 g/mol. The molecule has 2 atom stereocenters. The van der Waals surface area contributed by atoms with Crippen LogP contribution < -0.4 is 0 Å². The number of nitriles is 1. The van der Waals surface area contributed by atoms with E-state index in [4.69, 9.17) is 5.26 Å². The van der Waals surface area contributed by atoms with Crippen molar-refractivity contribution in [1.82, 2.24) is 19.9 Å². The molecule has 0 aromatic carbocycles. The first-order chi connectivity index (χ1) is 14.0. The predicted octanol–water partition coefficient (Wildman–Crippen LogP) is 2.99. The first-order valence-electron chi connectivity index (χ1n) is 9.67. The molecule has 0 amide bonds. The Balaban J connectivity index is 1.63. The molecule has 1 N–H and O–H groups in total. The van der Waals surface area contributed by atoms with E-state index in [0.29, 0.717) is 11.8 Å². The third kappa shape index (κ3) is 3.96. The molecule has 29 heavy (non-hydrogen) atoms. The molecule has 4 heterocycles. The van der Waals surface area contributed by atoms with Crippen molar-refractivity contribution in [3.8, 4) is 6.07 Å². The third-order valence-corrected chi connectivity index (χ3v) is 6.93. The van der Waals surface area contributed by atoms with Gasteiger partial charge >= 0.3 is 0 Å². The monoisotopic (exact) mass is 409 g/mol. The molecule has 150 valence electrons. The van der Waals surface area contributed by atoms with Gasteiger partial charge in [-0.25, -0.2) is 18.4 Å². The van der Waals surface area contributed by atoms with E-state index in [-0.39, 0.29) is 5.75 Å². The lowest BCUT2D eigenvalue weighted by atomic mass is 9.80. The number of sulfone groups is 1. The van der Waals surface area contributed by atoms with Crippen LogP contribution in [0.5, 0.6) is 0 Å². The van der Waals surface area contributed by atoms with E-state index in [1.807, 2.05) is 24.7 Å². The van der Waals surface area contributed by atoms with E-state index >= 15 is 0 Å². The Morgan fingerprint density at radius 1 is 1.38 bits per heavy atom. The van der Waals surface area contributed by atoms with Crippen molar-refractivity contribution in [2.45, 2.75) is 19.3 Å². The van der Waals surface area contributed by atoms with Crippen LogP contribution in [-0.4, -0.2) is 52.9 Å². The summed E-state index contributed by atoms with van der Waals surface area (Å²) in [6.07, 6.45) is 10.1. The van der Waals surface area contributed by atoms with Crippen LogP contribution in [0.15, 0.2) is 43.0 Å². The average Bonchev–Trinajstić information content (AvgIpc) is 3.18. The van der Waals surface area contributed by atoms with E-state index in [2.05, 4.69) is 32.8 Å². The quantitative estimate of drug-likeness (QED) is 0.695. The number of nitrogens with zero attached hydrogens (tertiary/aromatic N) is 4. The molecule has 0 aliphatic carbocycles. The Morgan fingerprint density at radius 3 is 3.07 bits per heavy atom. The molecule has 3 aromatic heterocycles. The molecule has 7 nitrogen and oxygen atoms in total. The van der Waals surface area contributed by atoms with Crippen LogP contribution in [0, 0.1) is 17.2 Å². The summed E-state index contributed by atoms with van der Waals surface area (Å²) in [6.45, 7) is 3.97. The predicted molar refractivity (Wildman–Crippen MR) is 113 cm³/mol. The van der Waals surface area contributed by atoms with Gasteiger partial charge < -0.3 is 9.88 Å². The molecule has 0 saturated carbocycles. The zero-order valence-corrected chi connectivity index (χ0v) is 17.1. The maximum Gasteiger partial charge on any atom is 0.167 e. The molecule has 0 bridgehead atoms. The second-order valence-electron chi connectivity index (χ2n) is 7.63. The van der Waals surface area contributed by atoms with Crippen LogP contribution in [-0.2, 0) is 9.84 Å². The highest BCUT2D eigenvalue weighted by Gasteiger charge is 2.28. The molecule has 8 heteroatoms. The number of aromatic amines is 1. The van der Waals surface area contributed by atoms with Gasteiger partial charge in [-0.1, -0.05) is 13.0 Å². The molecule has 3 aromatic rings. The zero-order chi connectivity index (χ0) is 20.4. The number of hydrogen-bond acceptors (Lipinski definition) is 6. The van der Waals surface area contributed by atoms with Gasteiger partial charge in [-0.15, -0.1) is 0 Å². The highest BCUT2D eigenvalue weighted by Crippen LogP contribution is 2.37. The van der Waals surface area contributed by atoms with Crippen molar-refractivity contribution < 1.29 is 8.42 Å². The Labute approximate surface area is 170 Å². The van der Waals surface area contributed by atoms with Crippen molar-refractivity contribution in [3.05, 3.63) is 48.6 Å². The second-order valence-corrected chi connectivity index (χ2v) is 9.74. The standard InChI is InChI=1S/C21H23N5O2S/c1-15-5-10-26(9-2-11-29(27,28)12-6-22)14-18(15)16-3-7-23-19-13-25-21-17(20(16)19)4-8-24-21/h2-4,7-9,13,15,18,23H,5,10-12,14H2,1H3. The number of fused-ring (bicyclic) bond motifs is 3. The lowest BCUT2D eigenvalue weighted by molar-refractivity contribution is 0.222. The minimum absolute atomic E-state index is 0.105. The second kappa shape index (κ2) is 7.84. The molecular formula is C21H23N5O2S. The van der Waals surface area contributed by atoms with Crippen LogP contribution in [0.1, 0.15) is 24.8 Å². The highest BCUT2D eigenvalue weighted by molar-refractivity contribution is 7.91. The Morgan fingerprint density at radius 2 is 2.24 bits per heavy atom. The number of H-pyrrole nitrogens is 1. The van der Waals surface area contributed by atoms with Gasteiger partial charge in [0.1, 0.15) is 5.75 Å². The van der Waals surface area contributed by atoms with Crippen molar-refractivity contribution in [1.29, 1.82) is 5.26 Å². The number of aromatic nitrogens is 3. The summed E-state index contributed by atoms with van der Waals surface area (Å²) in [5.41, 5.74) is 3.01. The van der Waals surface area contributed by atoms with Crippen LogP contribution in [0.4, 0.5) is 0 Å². The Bertz CT molecular complexity index is 1210. The molecule has 1 aliphatic rings. The van der Waals surface area contributed by atoms with Gasteiger partial charge in [0.05, 0.1) is 23.5 Å². The van der Waals surface area contributed by atoms with Crippen LogP contribution in [0.3, 0.4) is 0 Å². The van der Waals surface area contributed by atoms with Crippen molar-refractivity contribution in [3.63, 3.8) is 0 Å². The summed E-state index contributed by atoms with van der Waals surface area (Å²) >= 11 is 0. The van der Waals surface area contributed by atoms with E-state index in [1.165, 1.54) is 5.56 Å². The molecule has 1 saturated heterocycles. The SMILES string of the molecule is CC1CCN(C=CCS(=O)(=O)CC#N)CC1c1cc[nH]c2cnc3nccc3c12. The number of likely N-dealkylation sites (tertiary alicyclic amines) is 1. The minimum Gasteiger partial charge on any atom is -0.377 e. The van der Waals surface area contributed by atoms with Gasteiger partial charge in [0.2, 0.25) is 0 Å². The largest absolute Gasteiger partial charge is 0.377 e. The van der Waals surface area contributed by atoms with E-state index in [9.17, 15) is 8.42 Å². The average molecular weight is 410 g/mol. The summed E-state index contributed by atoms with van der Waals surface area (Å²) in [5, 5.41) is 10.8.